The van der Waals surface area contributed by atoms with E-state index in [-0.39, 0.29) is 24.1 Å². The summed E-state index contributed by atoms with van der Waals surface area (Å²) < 4.78 is 0.171. The molecule has 2 N–H and O–H groups in total. The van der Waals surface area contributed by atoms with Crippen molar-refractivity contribution in [3.63, 3.8) is 0 Å². The predicted octanol–water partition coefficient (Wildman–Crippen LogP) is 5.28. The van der Waals surface area contributed by atoms with Gasteiger partial charge in [0.2, 0.25) is 0 Å². The Labute approximate surface area is 219 Å². The second kappa shape index (κ2) is 20.2. The van der Waals surface area contributed by atoms with Crippen molar-refractivity contribution in [1.29, 1.82) is 0 Å². The van der Waals surface area contributed by atoms with Crippen LogP contribution in [0.4, 0.5) is 0 Å². The van der Waals surface area contributed by atoms with Crippen molar-refractivity contribution in [2.45, 2.75) is 111 Å². The summed E-state index contributed by atoms with van der Waals surface area (Å²) in [6, 6.07) is 0. The normalized spacial score (nSPS) is 15.9. The van der Waals surface area contributed by atoms with Gasteiger partial charge in [-0.15, -0.1) is 0 Å². The molecule has 0 fully saturated rings. The fourth-order valence-electron chi connectivity index (χ4n) is 4.99. The van der Waals surface area contributed by atoms with E-state index >= 15 is 0 Å². The third-order valence-electron chi connectivity index (χ3n) is 7.12. The van der Waals surface area contributed by atoms with Crippen LogP contribution in [0.15, 0.2) is 12.2 Å². The van der Waals surface area contributed by atoms with Gasteiger partial charge in [-0.05, 0) is 52.4 Å². The Bertz CT molecular complexity index is 593. The minimum absolute atomic E-state index is 0.171. The lowest BCUT2D eigenvalue weighted by atomic mass is 10.0. The van der Waals surface area contributed by atoms with Crippen molar-refractivity contribution in [1.82, 2.24) is 0 Å². The van der Waals surface area contributed by atoms with Crippen molar-refractivity contribution >= 4 is 17.9 Å². The molecule has 0 saturated heterocycles. The number of unbranched alkanes of at least 4 members (excludes halogenated alkanes) is 11. The predicted molar refractivity (Wildman–Crippen MR) is 142 cm³/mol. The number of allylic oxidation sites excluding steroid dienone is 2. The molecular weight excluding hydrogens is 458 g/mol. The molecule has 7 heteroatoms. The lowest BCUT2D eigenvalue weighted by Crippen LogP contribution is -2.58. The lowest BCUT2D eigenvalue weighted by molar-refractivity contribution is -0.934. The van der Waals surface area contributed by atoms with E-state index in [1.165, 1.54) is 51.4 Å². The maximum Gasteiger partial charge on any atom is 0.311 e. The molecule has 0 bridgehead atoms. The minimum atomic E-state index is -1.19. The summed E-state index contributed by atoms with van der Waals surface area (Å²) in [5.74, 6) is -5.28. The molecule has 0 aliphatic carbocycles. The SMILES string of the molecule is CCCCCCCCCC/C=C/CCCCC[N+](CC(C)C(=O)[O-])(CC(C)C(=O)O)CC(C)C(=O)O. The fraction of sp³-hybridized carbons (Fsp3) is 0.828. The van der Waals surface area contributed by atoms with Gasteiger partial charge in [0.25, 0.3) is 0 Å². The highest BCUT2D eigenvalue weighted by Gasteiger charge is 2.36. The van der Waals surface area contributed by atoms with Crippen LogP contribution < -0.4 is 5.11 Å². The quantitative estimate of drug-likeness (QED) is 0.104. The molecule has 0 radical (unpaired) electrons. The van der Waals surface area contributed by atoms with Gasteiger partial charge in [-0.3, -0.25) is 9.59 Å². The van der Waals surface area contributed by atoms with E-state index in [2.05, 4.69) is 19.1 Å². The van der Waals surface area contributed by atoms with Gasteiger partial charge in [0.15, 0.2) is 0 Å². The second-order valence-corrected chi connectivity index (χ2v) is 10.9. The van der Waals surface area contributed by atoms with Crippen LogP contribution in [0.2, 0.25) is 0 Å². The van der Waals surface area contributed by atoms with Crippen LogP contribution in [0.25, 0.3) is 0 Å². The zero-order chi connectivity index (χ0) is 27.4. The number of quaternary nitrogens is 1. The first-order valence-electron chi connectivity index (χ1n) is 14.2. The lowest BCUT2D eigenvalue weighted by Gasteiger charge is -2.43. The summed E-state index contributed by atoms with van der Waals surface area (Å²) >= 11 is 0. The molecule has 0 amide bonds. The smallest absolute Gasteiger partial charge is 0.311 e. The molecule has 0 spiro atoms. The van der Waals surface area contributed by atoms with Crippen LogP contribution >= 0.6 is 0 Å². The molecule has 0 heterocycles. The molecule has 3 atom stereocenters. The zero-order valence-corrected chi connectivity index (χ0v) is 23.4. The third kappa shape index (κ3) is 16.7. The van der Waals surface area contributed by atoms with Crippen molar-refractivity contribution in [3.8, 4) is 0 Å². The molecule has 7 nitrogen and oxygen atoms in total. The van der Waals surface area contributed by atoms with Crippen molar-refractivity contribution in [2.75, 3.05) is 26.2 Å². The van der Waals surface area contributed by atoms with Crippen LogP contribution in [0, 0.1) is 17.8 Å². The molecule has 0 rings (SSSR count). The highest BCUT2D eigenvalue weighted by molar-refractivity contribution is 5.70. The Kier molecular flexibility index (Phi) is 19.1. The van der Waals surface area contributed by atoms with Crippen molar-refractivity contribution < 1.29 is 34.2 Å². The second-order valence-electron chi connectivity index (χ2n) is 10.9. The van der Waals surface area contributed by atoms with E-state index in [1.807, 2.05) is 0 Å². The van der Waals surface area contributed by atoms with Gasteiger partial charge in [0.05, 0.1) is 26.2 Å². The van der Waals surface area contributed by atoms with Crippen molar-refractivity contribution in [2.24, 2.45) is 17.8 Å². The Morgan fingerprint density at radius 3 is 1.47 bits per heavy atom. The molecule has 0 aromatic heterocycles. The average Bonchev–Trinajstić information content (AvgIpc) is 2.81. The Morgan fingerprint density at radius 1 is 0.667 bits per heavy atom. The number of hydrogen-bond donors (Lipinski definition) is 2. The summed E-state index contributed by atoms with van der Waals surface area (Å²) in [5, 5.41) is 30.4. The maximum absolute atomic E-state index is 11.6. The number of rotatable bonds is 24. The first-order chi connectivity index (χ1) is 17.0. The molecule has 0 saturated carbocycles. The average molecular weight is 512 g/mol. The van der Waals surface area contributed by atoms with E-state index in [4.69, 9.17) is 0 Å². The Balaban J connectivity index is 4.65. The highest BCUT2D eigenvalue weighted by atomic mass is 16.4. The Morgan fingerprint density at radius 2 is 1.06 bits per heavy atom. The molecule has 3 unspecified atom stereocenters. The summed E-state index contributed by atoms with van der Waals surface area (Å²) in [6.45, 7) is 8.16. The van der Waals surface area contributed by atoms with E-state index in [9.17, 15) is 29.7 Å². The molecule has 0 aromatic rings. The standard InChI is InChI=1S/C29H53NO6/c1-5-6-7-8-9-10-11-12-13-14-15-16-17-18-19-20-30(21-24(2)27(31)32,22-25(3)28(33)34)23-26(4)29(35)36/h14-15,24-26H,5-13,16-23H2,1-4H3,(H2-,31,32,33,34,35,36)/b15-14+. The van der Waals surface area contributed by atoms with Gasteiger partial charge < -0.3 is 24.6 Å². The molecule has 0 aliphatic heterocycles. The van der Waals surface area contributed by atoms with Crippen LogP contribution in [0.5, 0.6) is 0 Å². The largest absolute Gasteiger partial charge is 0.550 e. The first kappa shape index (κ1) is 34.1. The maximum atomic E-state index is 11.6. The number of aliphatic carboxylic acids is 3. The fourth-order valence-corrected chi connectivity index (χ4v) is 4.99. The van der Waals surface area contributed by atoms with Crippen LogP contribution in [-0.4, -0.2) is 58.8 Å². The molecular formula is C29H53NO6. The molecule has 0 aromatic carbocycles. The van der Waals surface area contributed by atoms with Crippen LogP contribution in [0.1, 0.15) is 111 Å². The molecule has 0 aliphatic rings. The van der Waals surface area contributed by atoms with Gasteiger partial charge in [-0.25, -0.2) is 0 Å². The van der Waals surface area contributed by atoms with Crippen LogP contribution in [0.3, 0.4) is 0 Å². The van der Waals surface area contributed by atoms with E-state index in [0.29, 0.717) is 6.54 Å². The van der Waals surface area contributed by atoms with Gasteiger partial charge >= 0.3 is 11.9 Å². The number of carboxylic acid groups (broad SMARTS) is 3. The highest BCUT2D eigenvalue weighted by Crippen LogP contribution is 2.22. The number of hydrogen-bond acceptors (Lipinski definition) is 4. The van der Waals surface area contributed by atoms with Gasteiger partial charge in [0, 0.05) is 11.9 Å². The van der Waals surface area contributed by atoms with E-state index in [0.717, 1.165) is 32.1 Å². The monoisotopic (exact) mass is 511 g/mol. The number of carbonyl (C=O) groups is 3. The summed E-state index contributed by atoms with van der Waals surface area (Å²) in [4.78, 5) is 34.6. The minimum Gasteiger partial charge on any atom is -0.550 e. The van der Waals surface area contributed by atoms with E-state index in [1.54, 1.807) is 20.8 Å². The molecule has 210 valence electrons. The molecule has 36 heavy (non-hydrogen) atoms. The number of nitrogens with zero attached hydrogens (tertiary/aromatic N) is 1. The summed E-state index contributed by atoms with van der Waals surface area (Å²) in [6.07, 6.45) is 19.9. The topological polar surface area (TPSA) is 115 Å². The summed E-state index contributed by atoms with van der Waals surface area (Å²) in [5.41, 5.74) is 0. The zero-order valence-electron chi connectivity index (χ0n) is 23.4. The number of carboxylic acids is 3. The first-order valence-corrected chi connectivity index (χ1v) is 14.2. The Hall–Kier alpha value is -1.89. The van der Waals surface area contributed by atoms with Crippen LogP contribution in [-0.2, 0) is 14.4 Å². The van der Waals surface area contributed by atoms with E-state index < -0.39 is 35.7 Å². The van der Waals surface area contributed by atoms with Gasteiger partial charge in [-0.1, -0.05) is 70.9 Å². The van der Waals surface area contributed by atoms with Gasteiger partial charge in [0.1, 0.15) is 11.8 Å². The van der Waals surface area contributed by atoms with Crippen molar-refractivity contribution in [3.05, 3.63) is 12.2 Å². The third-order valence-corrected chi connectivity index (χ3v) is 7.12. The summed E-state index contributed by atoms with van der Waals surface area (Å²) in [7, 11) is 0. The number of carbonyl (C=O) groups excluding carboxylic acids is 1. The van der Waals surface area contributed by atoms with Gasteiger partial charge in [-0.2, -0.15) is 0 Å².